The van der Waals surface area contributed by atoms with Crippen LogP contribution in [0.3, 0.4) is 0 Å². The van der Waals surface area contributed by atoms with Gasteiger partial charge in [-0.25, -0.2) is 4.39 Å². The Morgan fingerprint density at radius 3 is 2.48 bits per heavy atom. The molecule has 0 aliphatic rings. The van der Waals surface area contributed by atoms with Gasteiger partial charge in [0.1, 0.15) is 5.82 Å². The fraction of sp³-hybridized carbons (Fsp3) is 0.556. The summed E-state index contributed by atoms with van der Waals surface area (Å²) in [5, 5.41) is 0.574. The minimum Gasteiger partial charge on any atom is -0.414 e. The molecule has 0 aliphatic carbocycles. The first-order valence-electron chi connectivity index (χ1n) is 7.85. The van der Waals surface area contributed by atoms with E-state index in [0.29, 0.717) is 23.6 Å². The number of methoxy groups -OCH3 is 1. The Morgan fingerprint density at radius 1 is 1.30 bits per heavy atom. The van der Waals surface area contributed by atoms with Gasteiger partial charge >= 0.3 is 0 Å². The molecule has 0 radical (unpaired) electrons. The molecule has 0 N–H and O–H groups in total. The first-order valence-corrected chi connectivity index (χ1v) is 11.1. The van der Waals surface area contributed by atoms with Crippen molar-refractivity contribution >= 4 is 26.0 Å². The minimum absolute atomic E-state index is 0.0317. The second-order valence-corrected chi connectivity index (χ2v) is 12.5. The predicted molar refractivity (Wildman–Crippen MR) is 99.0 cm³/mol. The average Bonchev–Trinajstić information content (AvgIpc) is 2.43. The first kappa shape index (κ1) is 20.4. The Morgan fingerprint density at radius 2 is 1.96 bits per heavy atom. The van der Waals surface area contributed by atoms with Gasteiger partial charge < -0.3 is 9.16 Å². The summed E-state index contributed by atoms with van der Waals surface area (Å²) in [7, 11) is -0.104. The van der Waals surface area contributed by atoms with Crippen LogP contribution < -0.4 is 0 Å². The first-order chi connectivity index (χ1) is 10.6. The van der Waals surface area contributed by atoms with Crippen molar-refractivity contribution in [3.05, 3.63) is 40.7 Å². The lowest BCUT2D eigenvalue weighted by Crippen LogP contribution is -2.42. The summed E-state index contributed by atoms with van der Waals surface area (Å²) in [5.74, 6) is -0.319. The van der Waals surface area contributed by atoms with E-state index in [1.54, 1.807) is 25.3 Å². The van der Waals surface area contributed by atoms with Crippen molar-refractivity contribution in [2.75, 3.05) is 13.7 Å². The van der Waals surface area contributed by atoms with Gasteiger partial charge in [0.2, 0.25) is 0 Å². The van der Waals surface area contributed by atoms with E-state index < -0.39 is 8.32 Å². The zero-order valence-corrected chi connectivity index (χ0v) is 16.7. The number of benzene rings is 1. The maximum absolute atomic E-state index is 13.7. The van der Waals surface area contributed by atoms with Crippen molar-refractivity contribution in [1.29, 1.82) is 0 Å². The molecule has 130 valence electrons. The normalized spacial score (nSPS) is 14.4. The highest BCUT2D eigenvalue weighted by molar-refractivity contribution is 6.74. The number of halogens is 2. The molecule has 0 spiro atoms. The maximum Gasteiger partial charge on any atom is 0.192 e. The molecular weight excluding hydrogens is 331 g/mol. The Balaban J connectivity index is 2.58. The van der Waals surface area contributed by atoms with Crippen molar-refractivity contribution < 1.29 is 13.6 Å². The van der Waals surface area contributed by atoms with Crippen molar-refractivity contribution in [1.82, 2.24) is 0 Å². The lowest BCUT2D eigenvalue weighted by atomic mass is 10.1. The fourth-order valence-corrected chi connectivity index (χ4v) is 2.93. The summed E-state index contributed by atoms with van der Waals surface area (Å²) in [4.78, 5) is 0. The van der Waals surface area contributed by atoms with Crippen LogP contribution in [0.1, 0.15) is 32.8 Å². The molecule has 0 aromatic heterocycles. The van der Waals surface area contributed by atoms with Gasteiger partial charge in [0.25, 0.3) is 0 Å². The molecule has 0 saturated heterocycles. The highest BCUT2D eigenvalue weighted by Crippen LogP contribution is 2.36. The zero-order valence-electron chi connectivity index (χ0n) is 15.0. The fourth-order valence-electron chi connectivity index (χ4n) is 1.73. The number of rotatable bonds is 7. The second kappa shape index (κ2) is 8.43. The van der Waals surface area contributed by atoms with Crippen LogP contribution in [-0.4, -0.2) is 28.1 Å². The summed E-state index contributed by atoms with van der Waals surface area (Å²) in [6.07, 6.45) is 4.31. The molecule has 0 fully saturated rings. The summed E-state index contributed by atoms with van der Waals surface area (Å²) in [6, 6.07) is 4.66. The average molecular weight is 359 g/mol. The van der Waals surface area contributed by atoms with Crippen molar-refractivity contribution in [2.45, 2.75) is 51.4 Å². The van der Waals surface area contributed by atoms with Crippen molar-refractivity contribution in [2.24, 2.45) is 0 Å². The highest BCUT2D eigenvalue weighted by Gasteiger charge is 2.37. The topological polar surface area (TPSA) is 18.5 Å². The summed E-state index contributed by atoms with van der Waals surface area (Å²) in [5.41, 5.74) is 0.523. The molecule has 1 aromatic carbocycles. The molecule has 1 aromatic rings. The van der Waals surface area contributed by atoms with Crippen LogP contribution in [0.25, 0.3) is 6.08 Å². The van der Waals surface area contributed by atoms with Gasteiger partial charge in [-0.3, -0.25) is 0 Å². The van der Waals surface area contributed by atoms with Crippen LogP contribution in [0, 0.1) is 5.82 Å². The van der Waals surface area contributed by atoms with Crippen LogP contribution in [0.4, 0.5) is 4.39 Å². The van der Waals surface area contributed by atoms with Crippen LogP contribution in [-0.2, 0) is 9.16 Å². The number of ether oxygens (including phenoxy) is 1. The smallest absolute Gasteiger partial charge is 0.192 e. The largest absolute Gasteiger partial charge is 0.414 e. The molecule has 2 nitrogen and oxygen atoms in total. The van der Waals surface area contributed by atoms with Crippen molar-refractivity contribution in [3.8, 4) is 0 Å². The Bertz CT molecular complexity index is 538. The highest BCUT2D eigenvalue weighted by atomic mass is 35.5. The molecule has 0 aliphatic heterocycles. The van der Waals surface area contributed by atoms with Gasteiger partial charge in [-0.1, -0.05) is 50.6 Å². The van der Waals surface area contributed by atoms with Gasteiger partial charge in [0.05, 0.1) is 12.7 Å². The lowest BCUT2D eigenvalue weighted by molar-refractivity contribution is 0.0554. The molecule has 0 bridgehead atoms. The predicted octanol–water partition coefficient (Wildman–Crippen LogP) is 5.92. The third-order valence-corrected chi connectivity index (χ3v) is 9.16. The summed E-state index contributed by atoms with van der Waals surface area (Å²) >= 11 is 5.75. The van der Waals surface area contributed by atoms with Crippen LogP contribution in [0.15, 0.2) is 24.3 Å². The van der Waals surface area contributed by atoms with E-state index in [0.717, 1.165) is 0 Å². The molecule has 0 heterocycles. The SMILES string of the molecule is CO[C@H](C/C=C/c1ccc(Cl)cc1F)CO[Si](C)(C)C(C)(C)C. The van der Waals surface area contributed by atoms with Gasteiger partial charge in [0, 0.05) is 17.7 Å². The maximum atomic E-state index is 13.7. The molecule has 0 saturated carbocycles. The Hall–Kier alpha value is -0.683. The van der Waals surface area contributed by atoms with E-state index in [9.17, 15) is 4.39 Å². The van der Waals surface area contributed by atoms with E-state index in [1.807, 2.05) is 6.08 Å². The van der Waals surface area contributed by atoms with Gasteiger partial charge in [-0.05, 0) is 36.7 Å². The Kier molecular flexibility index (Phi) is 7.46. The minimum atomic E-state index is -1.78. The molecule has 0 unspecified atom stereocenters. The number of hydrogen-bond donors (Lipinski definition) is 0. The molecular formula is C18H28ClFO2Si. The van der Waals surface area contributed by atoms with Gasteiger partial charge in [-0.2, -0.15) is 0 Å². The van der Waals surface area contributed by atoms with E-state index in [1.165, 1.54) is 6.07 Å². The molecule has 5 heteroatoms. The van der Waals surface area contributed by atoms with Crippen LogP contribution >= 0.6 is 11.6 Å². The quantitative estimate of drug-likeness (QED) is 0.563. The Labute approximate surface area is 145 Å². The van der Waals surface area contributed by atoms with Gasteiger partial charge in [-0.15, -0.1) is 0 Å². The molecule has 1 atom stereocenters. The van der Waals surface area contributed by atoms with Crippen LogP contribution in [0.5, 0.6) is 0 Å². The van der Waals surface area contributed by atoms with Crippen molar-refractivity contribution in [3.63, 3.8) is 0 Å². The van der Waals surface area contributed by atoms with E-state index >= 15 is 0 Å². The summed E-state index contributed by atoms with van der Waals surface area (Å²) in [6.45, 7) is 11.6. The molecule has 23 heavy (non-hydrogen) atoms. The molecule has 0 amide bonds. The molecule has 1 rings (SSSR count). The third kappa shape index (κ3) is 6.38. The third-order valence-electron chi connectivity index (χ3n) is 4.43. The van der Waals surface area contributed by atoms with E-state index in [-0.39, 0.29) is 17.0 Å². The zero-order chi connectivity index (χ0) is 17.7. The summed E-state index contributed by atoms with van der Waals surface area (Å²) < 4.78 is 25.4. The number of hydrogen-bond acceptors (Lipinski definition) is 2. The monoisotopic (exact) mass is 358 g/mol. The van der Waals surface area contributed by atoms with Crippen LogP contribution in [0.2, 0.25) is 23.2 Å². The van der Waals surface area contributed by atoms with E-state index in [4.69, 9.17) is 20.8 Å². The van der Waals surface area contributed by atoms with Gasteiger partial charge in [0.15, 0.2) is 8.32 Å². The lowest BCUT2D eigenvalue weighted by Gasteiger charge is -2.37. The second-order valence-electron chi connectivity index (χ2n) is 7.23. The van der Waals surface area contributed by atoms with E-state index in [2.05, 4.69) is 33.9 Å². The standard InChI is InChI=1S/C18H28ClFO2Si/c1-18(2,3)23(5,6)22-13-16(21-4)9-7-8-14-10-11-15(19)12-17(14)20/h7-8,10-12,16H,9,13H2,1-6H3/b8-7+/t16-/m1/s1.